The maximum Gasteiger partial charge on any atom is 0.0639 e. The van der Waals surface area contributed by atoms with Crippen LogP contribution >= 0.6 is 0 Å². The molecule has 0 aliphatic carbocycles. The Morgan fingerprint density at radius 3 is 2.22 bits per heavy atom. The van der Waals surface area contributed by atoms with Crippen molar-refractivity contribution < 1.29 is 19.8 Å². The quantitative estimate of drug-likeness (QED) is 0.391. The monoisotopic (exact) mass is 128 g/mol. The van der Waals surface area contributed by atoms with E-state index in [4.69, 9.17) is 0 Å². The molecular weight excluding hydrogens is 124 g/mol. The summed E-state index contributed by atoms with van der Waals surface area (Å²) in [4.78, 5) is 19.2. The first-order valence-electron chi connectivity index (χ1n) is 2.20. The van der Waals surface area contributed by atoms with Crippen LogP contribution < -0.4 is 10.2 Å². The van der Waals surface area contributed by atoms with Gasteiger partial charge >= 0.3 is 0 Å². The summed E-state index contributed by atoms with van der Waals surface area (Å²) < 4.78 is 0. The highest BCUT2D eigenvalue weighted by atomic mass is 16.4. The van der Waals surface area contributed by atoms with E-state index in [1.165, 1.54) is 0 Å². The SMILES string of the molecule is O=C([O-])C=CCC(=O)[O-]. The zero-order chi connectivity index (χ0) is 7.28. The molecule has 0 aromatic heterocycles. The molecule has 0 heterocycles. The highest BCUT2D eigenvalue weighted by molar-refractivity contribution is 5.78. The van der Waals surface area contributed by atoms with Gasteiger partial charge in [-0.05, 0) is 6.08 Å². The van der Waals surface area contributed by atoms with Crippen LogP contribution in [-0.4, -0.2) is 11.9 Å². The molecule has 4 nitrogen and oxygen atoms in total. The lowest BCUT2D eigenvalue weighted by Gasteiger charge is -1.93. The third kappa shape index (κ3) is 6.68. The molecule has 9 heavy (non-hydrogen) atoms. The fourth-order valence-electron chi connectivity index (χ4n) is 0.251. The van der Waals surface area contributed by atoms with Gasteiger partial charge in [0.15, 0.2) is 0 Å². The Morgan fingerprint density at radius 2 is 1.89 bits per heavy atom. The maximum absolute atomic E-state index is 9.61. The van der Waals surface area contributed by atoms with Crippen molar-refractivity contribution in [1.82, 2.24) is 0 Å². The van der Waals surface area contributed by atoms with Gasteiger partial charge in [-0.3, -0.25) is 0 Å². The van der Waals surface area contributed by atoms with Gasteiger partial charge < -0.3 is 19.8 Å². The molecule has 0 aliphatic heterocycles. The molecule has 0 radical (unpaired) electrons. The van der Waals surface area contributed by atoms with Crippen molar-refractivity contribution in [3.8, 4) is 0 Å². The van der Waals surface area contributed by atoms with Crippen LogP contribution in [0.2, 0.25) is 0 Å². The number of rotatable bonds is 3. The van der Waals surface area contributed by atoms with Crippen molar-refractivity contribution in [2.45, 2.75) is 6.42 Å². The molecule has 0 unspecified atom stereocenters. The summed E-state index contributed by atoms with van der Waals surface area (Å²) in [6, 6.07) is 0. The van der Waals surface area contributed by atoms with E-state index < -0.39 is 18.4 Å². The minimum Gasteiger partial charge on any atom is -0.550 e. The predicted octanol–water partition coefficient (Wildman–Crippen LogP) is -2.57. The Labute approximate surface area is 51.4 Å². The van der Waals surface area contributed by atoms with Crippen molar-refractivity contribution in [1.29, 1.82) is 0 Å². The summed E-state index contributed by atoms with van der Waals surface area (Å²) >= 11 is 0. The number of aliphatic carboxylic acids is 2. The lowest BCUT2D eigenvalue weighted by atomic mass is 10.4. The standard InChI is InChI=1S/C5H6O4/c6-4(7)2-1-3-5(8)9/h1-2H,3H2,(H,6,7)(H,8,9)/p-2. The van der Waals surface area contributed by atoms with Gasteiger partial charge in [0.25, 0.3) is 0 Å². The Balaban J connectivity index is 3.48. The van der Waals surface area contributed by atoms with Crippen LogP contribution in [0.25, 0.3) is 0 Å². The van der Waals surface area contributed by atoms with E-state index in [2.05, 4.69) is 0 Å². The number of carbonyl (C=O) groups excluding carboxylic acids is 2. The van der Waals surface area contributed by atoms with E-state index in [9.17, 15) is 19.8 Å². The molecule has 0 amide bonds. The molecule has 0 saturated carbocycles. The molecule has 4 heteroatoms. The molecule has 0 spiro atoms. The molecular formula is C5H4O4-2. The molecule has 0 saturated heterocycles. The largest absolute Gasteiger partial charge is 0.550 e. The second-order valence-corrected chi connectivity index (χ2v) is 1.30. The zero-order valence-electron chi connectivity index (χ0n) is 4.49. The van der Waals surface area contributed by atoms with Gasteiger partial charge in [-0.15, -0.1) is 0 Å². The Hall–Kier alpha value is -1.32. The maximum atomic E-state index is 9.61. The average Bonchev–Trinajstić information content (AvgIpc) is 1.63. The first-order chi connectivity index (χ1) is 4.13. The fraction of sp³-hybridized carbons (Fsp3) is 0.200. The second-order valence-electron chi connectivity index (χ2n) is 1.30. The zero-order valence-corrected chi connectivity index (χ0v) is 4.49. The molecule has 0 bridgehead atoms. The fourth-order valence-corrected chi connectivity index (χ4v) is 0.251. The molecule has 50 valence electrons. The van der Waals surface area contributed by atoms with Crippen LogP contribution in [0.4, 0.5) is 0 Å². The number of hydrogen-bond donors (Lipinski definition) is 0. The number of carbonyl (C=O) groups is 2. The van der Waals surface area contributed by atoms with E-state index in [0.29, 0.717) is 6.08 Å². The predicted molar refractivity (Wildman–Crippen MR) is 23.8 cm³/mol. The van der Waals surface area contributed by atoms with E-state index in [1.54, 1.807) is 0 Å². The van der Waals surface area contributed by atoms with Crippen molar-refractivity contribution in [3.05, 3.63) is 12.2 Å². The third-order valence-corrected chi connectivity index (χ3v) is 0.538. The van der Waals surface area contributed by atoms with Gasteiger partial charge in [0, 0.05) is 12.4 Å². The van der Waals surface area contributed by atoms with E-state index in [1.807, 2.05) is 0 Å². The minimum atomic E-state index is -1.41. The molecule has 0 N–H and O–H groups in total. The molecule has 0 rings (SSSR count). The first kappa shape index (κ1) is 7.68. The summed E-state index contributed by atoms with van der Waals surface area (Å²) in [5.74, 6) is -2.72. The number of carboxylic acid groups (broad SMARTS) is 2. The van der Waals surface area contributed by atoms with Crippen LogP contribution in [0.1, 0.15) is 6.42 Å². The molecule has 0 aliphatic rings. The van der Waals surface area contributed by atoms with Gasteiger partial charge in [-0.1, -0.05) is 6.08 Å². The highest BCUT2D eigenvalue weighted by Gasteiger charge is 1.76. The van der Waals surface area contributed by atoms with Crippen LogP contribution in [0.15, 0.2) is 12.2 Å². The van der Waals surface area contributed by atoms with Gasteiger partial charge in [0.05, 0.1) is 5.97 Å². The molecule has 0 aromatic carbocycles. The average molecular weight is 128 g/mol. The van der Waals surface area contributed by atoms with E-state index in [0.717, 1.165) is 6.08 Å². The Kier molecular flexibility index (Phi) is 3.12. The Bertz CT molecular complexity index is 147. The topological polar surface area (TPSA) is 80.3 Å². The smallest absolute Gasteiger partial charge is 0.0639 e. The summed E-state index contributed by atoms with van der Waals surface area (Å²) in [7, 11) is 0. The summed E-state index contributed by atoms with van der Waals surface area (Å²) in [6.45, 7) is 0. The lowest BCUT2D eigenvalue weighted by Crippen LogP contribution is -2.22. The lowest BCUT2D eigenvalue weighted by molar-refractivity contribution is -0.304. The molecule has 0 atom stereocenters. The van der Waals surface area contributed by atoms with Gasteiger partial charge in [-0.2, -0.15) is 0 Å². The molecule has 0 aromatic rings. The summed E-state index contributed by atoms with van der Waals surface area (Å²) in [5, 5.41) is 19.2. The minimum absolute atomic E-state index is 0.395. The Morgan fingerprint density at radius 1 is 1.33 bits per heavy atom. The van der Waals surface area contributed by atoms with Crippen molar-refractivity contribution in [2.24, 2.45) is 0 Å². The van der Waals surface area contributed by atoms with Gasteiger partial charge in [0.2, 0.25) is 0 Å². The van der Waals surface area contributed by atoms with Gasteiger partial charge in [-0.25, -0.2) is 0 Å². The highest BCUT2D eigenvalue weighted by Crippen LogP contribution is 1.77. The van der Waals surface area contributed by atoms with Crippen molar-refractivity contribution in [3.63, 3.8) is 0 Å². The first-order valence-corrected chi connectivity index (χ1v) is 2.20. The normalized spacial score (nSPS) is 9.78. The summed E-state index contributed by atoms with van der Waals surface area (Å²) in [6.07, 6.45) is 1.20. The van der Waals surface area contributed by atoms with Crippen LogP contribution in [0.3, 0.4) is 0 Å². The summed E-state index contributed by atoms with van der Waals surface area (Å²) in [5.41, 5.74) is 0. The van der Waals surface area contributed by atoms with Crippen LogP contribution in [0, 0.1) is 0 Å². The van der Waals surface area contributed by atoms with Crippen LogP contribution in [0.5, 0.6) is 0 Å². The van der Waals surface area contributed by atoms with Crippen molar-refractivity contribution in [2.75, 3.05) is 0 Å². The number of hydrogen-bond acceptors (Lipinski definition) is 4. The van der Waals surface area contributed by atoms with E-state index >= 15 is 0 Å². The van der Waals surface area contributed by atoms with E-state index in [-0.39, 0.29) is 0 Å². The number of carboxylic acids is 2. The molecule has 0 fully saturated rings. The second kappa shape index (κ2) is 3.65. The van der Waals surface area contributed by atoms with Crippen molar-refractivity contribution >= 4 is 11.9 Å². The third-order valence-electron chi connectivity index (χ3n) is 0.538. The van der Waals surface area contributed by atoms with Gasteiger partial charge in [0.1, 0.15) is 0 Å². The van der Waals surface area contributed by atoms with Crippen LogP contribution in [-0.2, 0) is 9.59 Å².